The predicted molar refractivity (Wildman–Crippen MR) is 93.5 cm³/mol. The van der Waals surface area contributed by atoms with Gasteiger partial charge in [0, 0.05) is 17.7 Å². The van der Waals surface area contributed by atoms with E-state index in [1.807, 2.05) is 24.3 Å². The van der Waals surface area contributed by atoms with Crippen molar-refractivity contribution in [3.63, 3.8) is 0 Å². The van der Waals surface area contributed by atoms with Crippen LogP contribution in [0.25, 0.3) is 0 Å². The fourth-order valence-electron chi connectivity index (χ4n) is 3.30. The Balaban J connectivity index is 1.88. The van der Waals surface area contributed by atoms with E-state index in [2.05, 4.69) is 17.1 Å². The number of aliphatic hydroxyl groups excluding tert-OH is 1. The molecule has 1 aromatic rings. The zero-order chi connectivity index (χ0) is 16.7. The molecule has 23 heavy (non-hydrogen) atoms. The molecule has 4 nitrogen and oxygen atoms in total. The molecule has 0 aromatic heterocycles. The van der Waals surface area contributed by atoms with Gasteiger partial charge in [0.15, 0.2) is 0 Å². The number of benzene rings is 1. The lowest BCUT2D eigenvalue weighted by molar-refractivity contribution is -0.123. The molecule has 1 heterocycles. The molecular formula is C18H27ClN2O2. The van der Waals surface area contributed by atoms with Crippen molar-refractivity contribution in [2.45, 2.75) is 51.1 Å². The van der Waals surface area contributed by atoms with Gasteiger partial charge in [-0.15, -0.1) is 0 Å². The minimum Gasteiger partial charge on any atom is -0.396 e. The number of hydrogen-bond donors (Lipinski definition) is 2. The minimum absolute atomic E-state index is 0.0262. The summed E-state index contributed by atoms with van der Waals surface area (Å²) < 4.78 is 0. The van der Waals surface area contributed by atoms with E-state index in [0.717, 1.165) is 44.2 Å². The molecule has 2 rings (SSSR count). The van der Waals surface area contributed by atoms with E-state index in [9.17, 15) is 4.79 Å². The smallest absolute Gasteiger partial charge is 0.234 e. The van der Waals surface area contributed by atoms with Gasteiger partial charge < -0.3 is 10.4 Å². The fraction of sp³-hybridized carbons (Fsp3) is 0.611. The Hall–Kier alpha value is -1.10. The number of likely N-dealkylation sites (tertiary alicyclic amines) is 1. The van der Waals surface area contributed by atoms with Crippen molar-refractivity contribution >= 4 is 17.5 Å². The van der Waals surface area contributed by atoms with Crippen molar-refractivity contribution in [3.8, 4) is 0 Å². The van der Waals surface area contributed by atoms with Gasteiger partial charge in [0.1, 0.15) is 0 Å². The van der Waals surface area contributed by atoms with Crippen LogP contribution in [0.4, 0.5) is 0 Å². The van der Waals surface area contributed by atoms with Gasteiger partial charge in [-0.25, -0.2) is 0 Å². The quantitative estimate of drug-likeness (QED) is 0.765. The number of carbonyl (C=O) groups excluding carboxylic acids is 1. The van der Waals surface area contributed by atoms with E-state index >= 15 is 0 Å². The van der Waals surface area contributed by atoms with Crippen LogP contribution in [0.2, 0.25) is 5.02 Å². The molecule has 1 aliphatic heterocycles. The normalized spacial score (nSPS) is 19.7. The van der Waals surface area contributed by atoms with Gasteiger partial charge in [0.25, 0.3) is 0 Å². The maximum Gasteiger partial charge on any atom is 0.234 e. The molecule has 2 N–H and O–H groups in total. The average Bonchev–Trinajstić information content (AvgIpc) is 2.98. The van der Waals surface area contributed by atoms with Crippen LogP contribution < -0.4 is 5.32 Å². The summed E-state index contributed by atoms with van der Waals surface area (Å²) >= 11 is 5.92. The summed E-state index contributed by atoms with van der Waals surface area (Å²) in [4.78, 5) is 14.6. The zero-order valence-corrected chi connectivity index (χ0v) is 14.6. The summed E-state index contributed by atoms with van der Waals surface area (Å²) in [5.74, 6) is 0.0719. The summed E-state index contributed by atoms with van der Waals surface area (Å²) in [6.45, 7) is 3.71. The fourth-order valence-corrected chi connectivity index (χ4v) is 3.42. The summed E-state index contributed by atoms with van der Waals surface area (Å²) in [7, 11) is 0. The highest BCUT2D eigenvalue weighted by Gasteiger charge is 2.26. The number of rotatable bonds is 8. The minimum atomic E-state index is 0.0262. The van der Waals surface area contributed by atoms with Gasteiger partial charge >= 0.3 is 0 Å². The average molecular weight is 339 g/mol. The lowest BCUT2D eigenvalue weighted by atomic mass is 10.0. The summed E-state index contributed by atoms with van der Waals surface area (Å²) in [6, 6.07) is 8.11. The predicted octanol–water partition coefficient (Wildman–Crippen LogP) is 3.14. The Morgan fingerprint density at radius 1 is 1.43 bits per heavy atom. The van der Waals surface area contributed by atoms with Crippen molar-refractivity contribution < 1.29 is 9.90 Å². The van der Waals surface area contributed by atoms with Crippen molar-refractivity contribution in [2.75, 3.05) is 19.7 Å². The van der Waals surface area contributed by atoms with Crippen LogP contribution in [-0.4, -0.2) is 41.7 Å². The first kappa shape index (κ1) is 18.2. The standard InChI is InChI=1S/C18H27ClN2O2/c1-2-17(14-7-9-15(19)10-8-14)20-18(23)13-21-11-3-5-16(21)6-4-12-22/h7-10,16-17,22H,2-6,11-13H2,1H3,(H,20,23). The largest absolute Gasteiger partial charge is 0.396 e. The molecule has 1 saturated heterocycles. The van der Waals surface area contributed by atoms with Crippen molar-refractivity contribution in [2.24, 2.45) is 0 Å². The Kier molecular flexibility index (Phi) is 7.34. The van der Waals surface area contributed by atoms with Crippen LogP contribution in [-0.2, 0) is 4.79 Å². The molecule has 0 radical (unpaired) electrons. The first-order valence-electron chi connectivity index (χ1n) is 8.53. The molecule has 1 amide bonds. The third kappa shape index (κ3) is 5.48. The van der Waals surface area contributed by atoms with E-state index in [4.69, 9.17) is 16.7 Å². The number of hydrogen-bond acceptors (Lipinski definition) is 3. The second-order valence-corrected chi connectivity index (χ2v) is 6.65. The highest BCUT2D eigenvalue weighted by atomic mass is 35.5. The number of nitrogens with one attached hydrogen (secondary N) is 1. The number of nitrogens with zero attached hydrogens (tertiary/aromatic N) is 1. The first-order valence-corrected chi connectivity index (χ1v) is 8.91. The van der Waals surface area contributed by atoms with Gasteiger partial charge in [-0.3, -0.25) is 9.69 Å². The molecule has 1 fully saturated rings. The third-order valence-corrected chi connectivity index (χ3v) is 4.81. The molecule has 2 atom stereocenters. The maximum atomic E-state index is 12.4. The number of halogens is 1. The Morgan fingerprint density at radius 3 is 2.83 bits per heavy atom. The van der Waals surface area contributed by atoms with Crippen LogP contribution in [0, 0.1) is 0 Å². The van der Waals surface area contributed by atoms with E-state index < -0.39 is 0 Å². The van der Waals surface area contributed by atoms with Crippen molar-refractivity contribution in [3.05, 3.63) is 34.9 Å². The molecule has 2 unspecified atom stereocenters. The highest BCUT2D eigenvalue weighted by molar-refractivity contribution is 6.30. The van der Waals surface area contributed by atoms with Crippen LogP contribution in [0.15, 0.2) is 24.3 Å². The first-order chi connectivity index (χ1) is 11.1. The summed E-state index contributed by atoms with van der Waals surface area (Å²) in [6.07, 6.45) is 4.89. The maximum absolute atomic E-state index is 12.4. The Bertz CT molecular complexity index is 492. The molecule has 5 heteroatoms. The lowest BCUT2D eigenvalue weighted by Gasteiger charge is -2.25. The number of aliphatic hydroxyl groups is 1. The second kappa shape index (κ2) is 9.26. The molecule has 0 bridgehead atoms. The highest BCUT2D eigenvalue weighted by Crippen LogP contribution is 2.22. The van der Waals surface area contributed by atoms with E-state index in [1.165, 1.54) is 0 Å². The molecule has 0 spiro atoms. The SMILES string of the molecule is CCC(NC(=O)CN1CCCC1CCCO)c1ccc(Cl)cc1. The van der Waals surface area contributed by atoms with Crippen molar-refractivity contribution in [1.82, 2.24) is 10.2 Å². The van der Waals surface area contributed by atoms with E-state index in [1.54, 1.807) is 0 Å². The molecule has 1 aliphatic rings. The Morgan fingerprint density at radius 2 is 2.17 bits per heavy atom. The molecule has 0 saturated carbocycles. The van der Waals surface area contributed by atoms with Gasteiger partial charge in [0.2, 0.25) is 5.91 Å². The van der Waals surface area contributed by atoms with Crippen LogP contribution in [0.5, 0.6) is 0 Å². The zero-order valence-electron chi connectivity index (χ0n) is 13.8. The third-order valence-electron chi connectivity index (χ3n) is 4.56. The number of carbonyl (C=O) groups is 1. The van der Waals surface area contributed by atoms with E-state index in [-0.39, 0.29) is 18.6 Å². The molecule has 1 aromatic carbocycles. The molecule has 0 aliphatic carbocycles. The molecular weight excluding hydrogens is 312 g/mol. The van der Waals surface area contributed by atoms with Gasteiger partial charge in [0.05, 0.1) is 12.6 Å². The van der Waals surface area contributed by atoms with Crippen LogP contribution >= 0.6 is 11.6 Å². The lowest BCUT2D eigenvalue weighted by Crippen LogP contribution is -2.41. The van der Waals surface area contributed by atoms with Gasteiger partial charge in [-0.1, -0.05) is 30.7 Å². The van der Waals surface area contributed by atoms with E-state index in [0.29, 0.717) is 17.6 Å². The van der Waals surface area contributed by atoms with Gasteiger partial charge in [-0.2, -0.15) is 0 Å². The Labute approximate surface area is 143 Å². The summed E-state index contributed by atoms with van der Waals surface area (Å²) in [5, 5.41) is 12.8. The monoisotopic (exact) mass is 338 g/mol. The topological polar surface area (TPSA) is 52.6 Å². The van der Waals surface area contributed by atoms with Crippen molar-refractivity contribution in [1.29, 1.82) is 0 Å². The summed E-state index contributed by atoms with van der Waals surface area (Å²) in [5.41, 5.74) is 1.09. The van der Waals surface area contributed by atoms with Gasteiger partial charge in [-0.05, 0) is 56.3 Å². The number of amides is 1. The second-order valence-electron chi connectivity index (χ2n) is 6.21. The van der Waals surface area contributed by atoms with Crippen LogP contribution in [0.3, 0.4) is 0 Å². The molecule has 128 valence electrons. The van der Waals surface area contributed by atoms with Crippen LogP contribution in [0.1, 0.15) is 50.6 Å².